The minimum absolute atomic E-state index is 0.00784. The molecule has 1 fully saturated rings. The fraction of sp³-hybridized carbons (Fsp3) is 0.467. The van der Waals surface area contributed by atoms with Crippen molar-refractivity contribution < 1.29 is 9.90 Å². The van der Waals surface area contributed by atoms with Gasteiger partial charge in [-0.05, 0) is 30.5 Å². The number of amides is 1. The molecule has 1 aliphatic heterocycles. The Morgan fingerprint density at radius 2 is 2.20 bits per heavy atom. The summed E-state index contributed by atoms with van der Waals surface area (Å²) in [6, 6.07) is 7.88. The van der Waals surface area contributed by atoms with Gasteiger partial charge >= 0.3 is 0 Å². The summed E-state index contributed by atoms with van der Waals surface area (Å²) in [7, 11) is 0. The first kappa shape index (κ1) is 14.4. The molecule has 5 nitrogen and oxygen atoms in total. The molecule has 0 bridgehead atoms. The quantitative estimate of drug-likeness (QED) is 0.866. The van der Waals surface area contributed by atoms with Crippen LogP contribution in [0, 0.1) is 11.3 Å². The maximum absolute atomic E-state index is 11.0. The van der Waals surface area contributed by atoms with Crippen molar-refractivity contribution in [3.05, 3.63) is 29.3 Å². The van der Waals surface area contributed by atoms with Crippen LogP contribution in [0.2, 0.25) is 0 Å². The van der Waals surface area contributed by atoms with Crippen LogP contribution in [0.15, 0.2) is 18.2 Å². The van der Waals surface area contributed by atoms with Crippen LogP contribution in [-0.2, 0) is 11.4 Å². The van der Waals surface area contributed by atoms with Crippen molar-refractivity contribution in [1.29, 1.82) is 5.26 Å². The highest BCUT2D eigenvalue weighted by atomic mass is 16.3. The molecule has 1 aliphatic rings. The van der Waals surface area contributed by atoms with Gasteiger partial charge < -0.3 is 15.3 Å². The number of carbonyl (C=O) groups excluding carboxylic acids is 1. The maximum Gasteiger partial charge on any atom is 0.217 e. The van der Waals surface area contributed by atoms with E-state index in [0.29, 0.717) is 5.56 Å². The largest absolute Gasteiger partial charge is 0.392 e. The summed E-state index contributed by atoms with van der Waals surface area (Å²) in [6.07, 6.45) is 1.76. The van der Waals surface area contributed by atoms with Crippen LogP contribution in [0.25, 0.3) is 0 Å². The molecule has 0 aliphatic carbocycles. The molecule has 1 heterocycles. The normalized spacial score (nSPS) is 15.8. The zero-order valence-corrected chi connectivity index (χ0v) is 11.6. The number of aliphatic hydroxyl groups is 1. The second-order valence-electron chi connectivity index (χ2n) is 5.08. The number of hydrogen-bond acceptors (Lipinski definition) is 4. The second-order valence-corrected chi connectivity index (χ2v) is 5.08. The number of rotatable bonds is 3. The van der Waals surface area contributed by atoms with Gasteiger partial charge in [-0.1, -0.05) is 6.07 Å². The van der Waals surface area contributed by atoms with Crippen LogP contribution in [0.4, 0.5) is 5.69 Å². The van der Waals surface area contributed by atoms with E-state index >= 15 is 0 Å². The van der Waals surface area contributed by atoms with Crippen LogP contribution in [0.5, 0.6) is 0 Å². The van der Waals surface area contributed by atoms with Crippen LogP contribution in [0.1, 0.15) is 30.9 Å². The minimum atomic E-state index is -0.0560. The van der Waals surface area contributed by atoms with E-state index in [9.17, 15) is 10.1 Å². The van der Waals surface area contributed by atoms with Crippen molar-refractivity contribution in [2.45, 2.75) is 32.4 Å². The molecule has 2 rings (SSSR count). The van der Waals surface area contributed by atoms with Gasteiger partial charge in [0.1, 0.15) is 6.07 Å². The molecule has 2 N–H and O–H groups in total. The molecule has 1 saturated heterocycles. The van der Waals surface area contributed by atoms with Gasteiger partial charge in [-0.3, -0.25) is 4.79 Å². The van der Waals surface area contributed by atoms with Gasteiger partial charge in [0.15, 0.2) is 0 Å². The Balaban J connectivity index is 2.07. The van der Waals surface area contributed by atoms with E-state index in [0.717, 1.165) is 37.2 Å². The molecule has 20 heavy (non-hydrogen) atoms. The first-order valence-corrected chi connectivity index (χ1v) is 6.80. The van der Waals surface area contributed by atoms with E-state index in [1.165, 1.54) is 6.92 Å². The van der Waals surface area contributed by atoms with Crippen molar-refractivity contribution in [3.8, 4) is 6.07 Å². The second kappa shape index (κ2) is 6.40. The molecule has 1 amide bonds. The Morgan fingerprint density at radius 1 is 1.50 bits per heavy atom. The van der Waals surface area contributed by atoms with Gasteiger partial charge in [0.25, 0.3) is 0 Å². The van der Waals surface area contributed by atoms with Crippen molar-refractivity contribution in [2.24, 2.45) is 0 Å². The average Bonchev–Trinajstić information content (AvgIpc) is 2.47. The molecule has 106 valence electrons. The standard InChI is InChI=1S/C15H19N3O2/c1-11(20)17-14-4-6-18(7-5-14)15-3-2-12(10-19)8-13(15)9-16/h2-3,8,14,19H,4-7,10H2,1H3,(H,17,20). The van der Waals surface area contributed by atoms with E-state index in [1.807, 2.05) is 12.1 Å². The van der Waals surface area contributed by atoms with E-state index in [1.54, 1.807) is 6.07 Å². The molecular formula is C15H19N3O2. The van der Waals surface area contributed by atoms with Crippen molar-refractivity contribution >= 4 is 11.6 Å². The van der Waals surface area contributed by atoms with Crippen LogP contribution < -0.4 is 10.2 Å². The highest BCUT2D eigenvalue weighted by Gasteiger charge is 2.21. The van der Waals surface area contributed by atoms with E-state index in [2.05, 4.69) is 16.3 Å². The van der Waals surface area contributed by atoms with E-state index in [-0.39, 0.29) is 18.6 Å². The summed E-state index contributed by atoms with van der Waals surface area (Å²) >= 11 is 0. The van der Waals surface area contributed by atoms with Gasteiger partial charge in [0.05, 0.1) is 17.9 Å². The third-order valence-electron chi connectivity index (χ3n) is 3.61. The van der Waals surface area contributed by atoms with Crippen LogP contribution in [-0.4, -0.2) is 30.1 Å². The molecule has 0 unspecified atom stereocenters. The van der Waals surface area contributed by atoms with Gasteiger partial charge in [-0.2, -0.15) is 5.26 Å². The van der Waals surface area contributed by atoms with Gasteiger partial charge in [-0.15, -0.1) is 0 Å². The smallest absolute Gasteiger partial charge is 0.217 e. The maximum atomic E-state index is 11.0. The Hall–Kier alpha value is -2.06. The number of anilines is 1. The van der Waals surface area contributed by atoms with Gasteiger partial charge in [0, 0.05) is 26.1 Å². The fourth-order valence-corrected chi connectivity index (χ4v) is 2.60. The summed E-state index contributed by atoms with van der Waals surface area (Å²) in [5.74, 6) is 0.00784. The summed E-state index contributed by atoms with van der Waals surface area (Å²) < 4.78 is 0. The summed E-state index contributed by atoms with van der Waals surface area (Å²) in [5.41, 5.74) is 2.25. The van der Waals surface area contributed by atoms with Crippen molar-refractivity contribution in [1.82, 2.24) is 5.32 Å². The molecule has 1 aromatic rings. The molecule has 0 aromatic heterocycles. The zero-order valence-electron chi connectivity index (χ0n) is 11.6. The monoisotopic (exact) mass is 273 g/mol. The summed E-state index contributed by atoms with van der Waals surface area (Å²) in [5, 5.41) is 21.3. The third kappa shape index (κ3) is 3.28. The first-order valence-electron chi connectivity index (χ1n) is 6.80. The highest BCUT2D eigenvalue weighted by Crippen LogP contribution is 2.25. The van der Waals surface area contributed by atoms with Gasteiger partial charge in [-0.25, -0.2) is 0 Å². The number of piperidine rings is 1. The minimum Gasteiger partial charge on any atom is -0.392 e. The average molecular weight is 273 g/mol. The summed E-state index contributed by atoms with van der Waals surface area (Å²) in [4.78, 5) is 13.2. The molecule has 0 atom stereocenters. The van der Waals surface area contributed by atoms with Crippen molar-refractivity contribution in [2.75, 3.05) is 18.0 Å². The lowest BCUT2D eigenvalue weighted by Crippen LogP contribution is -2.44. The Labute approximate surface area is 118 Å². The molecule has 0 spiro atoms. The lowest BCUT2D eigenvalue weighted by molar-refractivity contribution is -0.119. The third-order valence-corrected chi connectivity index (χ3v) is 3.61. The number of nitrogens with one attached hydrogen (secondary N) is 1. The highest BCUT2D eigenvalue weighted by molar-refractivity contribution is 5.73. The Morgan fingerprint density at radius 3 is 2.75 bits per heavy atom. The lowest BCUT2D eigenvalue weighted by atomic mass is 10.0. The molecular weight excluding hydrogens is 254 g/mol. The number of nitrogens with zero attached hydrogens (tertiary/aromatic N) is 2. The number of carbonyl (C=O) groups is 1. The molecule has 0 radical (unpaired) electrons. The van der Waals surface area contributed by atoms with Gasteiger partial charge in [0.2, 0.25) is 5.91 Å². The Bertz CT molecular complexity index is 528. The SMILES string of the molecule is CC(=O)NC1CCN(c2ccc(CO)cc2C#N)CC1. The lowest BCUT2D eigenvalue weighted by Gasteiger charge is -2.34. The first-order chi connectivity index (χ1) is 9.63. The predicted octanol–water partition coefficient (Wildman–Crippen LogP) is 1.16. The van der Waals surface area contributed by atoms with E-state index in [4.69, 9.17) is 5.11 Å². The topological polar surface area (TPSA) is 76.4 Å². The van der Waals surface area contributed by atoms with Crippen molar-refractivity contribution in [3.63, 3.8) is 0 Å². The fourth-order valence-electron chi connectivity index (χ4n) is 2.60. The van der Waals surface area contributed by atoms with Crippen LogP contribution >= 0.6 is 0 Å². The zero-order chi connectivity index (χ0) is 14.5. The van der Waals surface area contributed by atoms with Crippen LogP contribution in [0.3, 0.4) is 0 Å². The number of aliphatic hydroxyl groups excluding tert-OH is 1. The van der Waals surface area contributed by atoms with E-state index < -0.39 is 0 Å². The molecule has 1 aromatic carbocycles. The summed E-state index contributed by atoms with van der Waals surface area (Å²) in [6.45, 7) is 3.11. The Kier molecular flexibility index (Phi) is 4.59. The number of hydrogen-bond donors (Lipinski definition) is 2. The molecule has 0 saturated carbocycles. The number of nitriles is 1. The molecule has 5 heteroatoms. The number of benzene rings is 1. The predicted molar refractivity (Wildman–Crippen MR) is 76.1 cm³/mol.